The summed E-state index contributed by atoms with van der Waals surface area (Å²) >= 11 is 3.62. The van der Waals surface area contributed by atoms with Gasteiger partial charge in [-0.25, -0.2) is 0 Å². The molecular formula is C15H21BrN4O. The van der Waals surface area contributed by atoms with E-state index < -0.39 is 0 Å². The van der Waals surface area contributed by atoms with Gasteiger partial charge < -0.3 is 4.74 Å². The Morgan fingerprint density at radius 1 is 1.48 bits per heavy atom. The minimum absolute atomic E-state index is 0.00204. The molecule has 0 saturated carbocycles. The quantitative estimate of drug-likeness (QED) is 0.619. The number of nitrogens with one attached hydrogen (secondary N) is 1. The van der Waals surface area contributed by atoms with Crippen molar-refractivity contribution < 1.29 is 4.74 Å². The summed E-state index contributed by atoms with van der Waals surface area (Å²) in [7, 11) is 1.66. The number of halogens is 1. The van der Waals surface area contributed by atoms with Crippen LogP contribution >= 0.6 is 15.9 Å². The molecule has 1 heterocycles. The molecule has 0 fully saturated rings. The van der Waals surface area contributed by atoms with Gasteiger partial charge in [0.1, 0.15) is 5.75 Å². The molecule has 2 aromatic rings. The number of benzene rings is 1. The fraction of sp³-hybridized carbons (Fsp3) is 0.400. The highest BCUT2D eigenvalue weighted by Crippen LogP contribution is 2.27. The van der Waals surface area contributed by atoms with E-state index in [1.165, 1.54) is 0 Å². The number of hydrazine groups is 1. The van der Waals surface area contributed by atoms with E-state index in [2.05, 4.69) is 33.4 Å². The van der Waals surface area contributed by atoms with Crippen LogP contribution in [0.2, 0.25) is 0 Å². The summed E-state index contributed by atoms with van der Waals surface area (Å²) in [5.41, 5.74) is 6.11. The van der Waals surface area contributed by atoms with Crippen LogP contribution in [0.1, 0.15) is 29.9 Å². The Morgan fingerprint density at radius 2 is 2.24 bits per heavy atom. The van der Waals surface area contributed by atoms with Crippen molar-refractivity contribution in [1.82, 2.24) is 15.2 Å². The van der Waals surface area contributed by atoms with Crippen molar-refractivity contribution >= 4 is 15.9 Å². The number of nitrogens with two attached hydrogens (primary N) is 1. The topological polar surface area (TPSA) is 65.1 Å². The van der Waals surface area contributed by atoms with Gasteiger partial charge in [0.05, 0.1) is 29.0 Å². The second kappa shape index (κ2) is 7.06. The summed E-state index contributed by atoms with van der Waals surface area (Å²) in [6.45, 7) is 4.91. The Hall–Kier alpha value is -1.37. The van der Waals surface area contributed by atoms with Crippen LogP contribution in [0.4, 0.5) is 0 Å². The first-order valence-electron chi connectivity index (χ1n) is 6.92. The van der Waals surface area contributed by atoms with Crippen molar-refractivity contribution in [3.63, 3.8) is 0 Å². The van der Waals surface area contributed by atoms with Crippen LogP contribution in [0.5, 0.6) is 5.75 Å². The molecule has 0 aliphatic rings. The maximum atomic E-state index is 5.76. The first-order valence-corrected chi connectivity index (χ1v) is 7.71. The number of aryl methyl sites for hydroxylation is 2. The first kappa shape index (κ1) is 16.0. The summed E-state index contributed by atoms with van der Waals surface area (Å²) < 4.78 is 8.33. The number of aromatic nitrogens is 2. The number of ether oxygens (including phenoxy) is 1. The molecule has 0 spiro atoms. The second-order valence-electron chi connectivity index (χ2n) is 4.86. The highest BCUT2D eigenvalue weighted by Gasteiger charge is 2.18. The van der Waals surface area contributed by atoms with Crippen LogP contribution in [0, 0.1) is 6.92 Å². The monoisotopic (exact) mass is 352 g/mol. The average molecular weight is 353 g/mol. The number of methoxy groups -OCH3 is 1. The molecule has 6 heteroatoms. The van der Waals surface area contributed by atoms with E-state index >= 15 is 0 Å². The van der Waals surface area contributed by atoms with Crippen molar-refractivity contribution in [2.24, 2.45) is 5.84 Å². The molecule has 0 radical (unpaired) electrons. The lowest BCUT2D eigenvalue weighted by Crippen LogP contribution is -2.30. The normalized spacial score (nSPS) is 12.4. The smallest absolute Gasteiger partial charge is 0.119 e. The predicted molar refractivity (Wildman–Crippen MR) is 87.1 cm³/mol. The van der Waals surface area contributed by atoms with Crippen molar-refractivity contribution in [2.75, 3.05) is 7.11 Å². The predicted octanol–water partition coefficient (Wildman–Crippen LogP) is 2.73. The zero-order valence-corrected chi connectivity index (χ0v) is 14.1. The van der Waals surface area contributed by atoms with Crippen LogP contribution in [0.25, 0.3) is 0 Å². The number of hydrogen-bond acceptors (Lipinski definition) is 4. The van der Waals surface area contributed by atoms with Gasteiger partial charge in [-0.2, -0.15) is 5.10 Å². The molecule has 2 rings (SSSR count). The number of nitrogens with zero attached hydrogens (tertiary/aromatic N) is 2. The molecule has 1 aromatic heterocycles. The first-order chi connectivity index (χ1) is 10.1. The number of hydrogen-bond donors (Lipinski definition) is 2. The van der Waals surface area contributed by atoms with Gasteiger partial charge in [0.25, 0.3) is 0 Å². The minimum Gasteiger partial charge on any atom is -0.497 e. The largest absolute Gasteiger partial charge is 0.497 e. The van der Waals surface area contributed by atoms with Crippen LogP contribution in [0.15, 0.2) is 28.7 Å². The Balaban J connectivity index is 2.30. The minimum atomic E-state index is -0.00204. The molecule has 0 aliphatic carbocycles. The van der Waals surface area contributed by atoms with Gasteiger partial charge in [-0.15, -0.1) is 0 Å². The molecular weight excluding hydrogens is 332 g/mol. The second-order valence-corrected chi connectivity index (χ2v) is 5.65. The van der Waals surface area contributed by atoms with Gasteiger partial charge in [0, 0.05) is 13.0 Å². The van der Waals surface area contributed by atoms with Gasteiger partial charge in [0.2, 0.25) is 0 Å². The molecule has 114 valence electrons. The summed E-state index contributed by atoms with van der Waals surface area (Å²) in [6.07, 6.45) is 0.749. The van der Waals surface area contributed by atoms with E-state index in [0.717, 1.165) is 40.1 Å². The lowest BCUT2D eigenvalue weighted by molar-refractivity contribution is 0.412. The van der Waals surface area contributed by atoms with Gasteiger partial charge in [-0.3, -0.25) is 16.0 Å². The summed E-state index contributed by atoms with van der Waals surface area (Å²) in [5, 5.41) is 4.52. The molecule has 1 atom stereocenters. The third kappa shape index (κ3) is 3.45. The summed E-state index contributed by atoms with van der Waals surface area (Å²) in [5.74, 6) is 6.58. The van der Waals surface area contributed by atoms with E-state index in [-0.39, 0.29) is 6.04 Å². The molecule has 0 amide bonds. The van der Waals surface area contributed by atoms with Gasteiger partial charge in [-0.05, 0) is 47.5 Å². The Labute approximate surface area is 133 Å². The molecule has 0 saturated heterocycles. The van der Waals surface area contributed by atoms with Crippen LogP contribution in [-0.2, 0) is 13.0 Å². The van der Waals surface area contributed by atoms with E-state index in [4.69, 9.17) is 10.6 Å². The number of rotatable bonds is 6. The molecule has 5 nitrogen and oxygen atoms in total. The Bertz CT molecular complexity index is 612. The third-order valence-corrected chi connectivity index (χ3v) is 4.58. The van der Waals surface area contributed by atoms with Gasteiger partial charge in [0.15, 0.2) is 0 Å². The molecule has 21 heavy (non-hydrogen) atoms. The van der Waals surface area contributed by atoms with Crippen LogP contribution in [-0.4, -0.2) is 16.9 Å². The SMILES string of the molecule is CCn1nc(C)c(Br)c1CC(NN)c1cccc(OC)c1. The van der Waals surface area contributed by atoms with E-state index in [1.54, 1.807) is 7.11 Å². The zero-order valence-electron chi connectivity index (χ0n) is 12.6. The van der Waals surface area contributed by atoms with Crippen molar-refractivity contribution in [1.29, 1.82) is 0 Å². The van der Waals surface area contributed by atoms with Crippen molar-refractivity contribution in [2.45, 2.75) is 32.9 Å². The van der Waals surface area contributed by atoms with Crippen LogP contribution < -0.4 is 16.0 Å². The Morgan fingerprint density at radius 3 is 2.86 bits per heavy atom. The Kier molecular flexibility index (Phi) is 5.39. The maximum Gasteiger partial charge on any atom is 0.119 e. The van der Waals surface area contributed by atoms with E-state index in [0.29, 0.717) is 0 Å². The highest BCUT2D eigenvalue weighted by molar-refractivity contribution is 9.10. The summed E-state index contributed by atoms with van der Waals surface area (Å²) in [6, 6.07) is 7.93. The maximum absolute atomic E-state index is 5.76. The van der Waals surface area contributed by atoms with Crippen molar-refractivity contribution in [3.8, 4) is 5.75 Å². The lowest BCUT2D eigenvalue weighted by Gasteiger charge is -2.18. The summed E-state index contributed by atoms with van der Waals surface area (Å²) in [4.78, 5) is 0. The third-order valence-electron chi connectivity index (χ3n) is 3.55. The molecule has 1 unspecified atom stereocenters. The van der Waals surface area contributed by atoms with Crippen molar-refractivity contribution in [3.05, 3.63) is 45.7 Å². The highest BCUT2D eigenvalue weighted by atomic mass is 79.9. The fourth-order valence-electron chi connectivity index (χ4n) is 2.39. The molecule has 3 N–H and O–H groups in total. The van der Waals surface area contributed by atoms with E-state index in [1.807, 2.05) is 35.9 Å². The molecule has 1 aromatic carbocycles. The average Bonchev–Trinajstić information content (AvgIpc) is 2.79. The van der Waals surface area contributed by atoms with E-state index in [9.17, 15) is 0 Å². The zero-order chi connectivity index (χ0) is 15.4. The molecule has 0 aliphatic heterocycles. The lowest BCUT2D eigenvalue weighted by atomic mass is 10.0. The fourth-order valence-corrected chi connectivity index (χ4v) is 2.83. The van der Waals surface area contributed by atoms with Crippen LogP contribution in [0.3, 0.4) is 0 Å². The molecule has 0 bridgehead atoms. The van der Waals surface area contributed by atoms with Gasteiger partial charge >= 0.3 is 0 Å². The standard InChI is InChI=1S/C15H21BrN4O/c1-4-20-14(15(16)10(2)19-20)9-13(18-17)11-6-5-7-12(8-11)21-3/h5-8,13,18H,4,9,17H2,1-3H3. The van der Waals surface area contributed by atoms with Gasteiger partial charge in [-0.1, -0.05) is 12.1 Å².